The van der Waals surface area contributed by atoms with Crippen LogP contribution in [-0.2, 0) is 4.79 Å². The normalized spacial score (nSPS) is 30.4. The molecule has 1 saturated heterocycles. The van der Waals surface area contributed by atoms with Gasteiger partial charge in [-0.2, -0.15) is 0 Å². The average molecular weight is 211 g/mol. The summed E-state index contributed by atoms with van der Waals surface area (Å²) in [4.78, 5) is 10.3. The Morgan fingerprint density at radius 3 is 2.71 bits per heavy atom. The summed E-state index contributed by atoms with van der Waals surface area (Å²) in [7, 11) is 0. The van der Waals surface area contributed by atoms with Crippen molar-refractivity contribution in [2.75, 3.05) is 0 Å². The van der Waals surface area contributed by atoms with E-state index >= 15 is 0 Å². The summed E-state index contributed by atoms with van der Waals surface area (Å²) >= 11 is 2.22. The minimum absolute atomic E-state index is 0.194. The van der Waals surface area contributed by atoms with Gasteiger partial charge in [0.2, 0.25) is 5.91 Å². The molecule has 0 aromatic carbocycles. The second-order valence-corrected chi connectivity index (χ2v) is 3.08. The van der Waals surface area contributed by atoms with Gasteiger partial charge in [0.05, 0.1) is 4.05 Å². The minimum Gasteiger partial charge on any atom is -0.344 e. The fraction of sp³-hybridized carbons (Fsp3) is 0.750. The summed E-state index contributed by atoms with van der Waals surface area (Å²) in [6, 6.07) is 0. The number of halogens is 1. The van der Waals surface area contributed by atoms with Crippen molar-refractivity contribution in [1.29, 1.82) is 0 Å². The second-order valence-electron chi connectivity index (χ2n) is 1.57. The minimum atomic E-state index is 0.194. The van der Waals surface area contributed by atoms with E-state index in [1.165, 1.54) is 0 Å². The Morgan fingerprint density at radius 1 is 1.86 bits per heavy atom. The highest BCUT2D eigenvalue weighted by molar-refractivity contribution is 14.1. The maximum atomic E-state index is 10.3. The van der Waals surface area contributed by atoms with E-state index in [1.807, 2.05) is 0 Å². The molecule has 0 spiro atoms. The zero-order chi connectivity index (χ0) is 5.28. The van der Waals surface area contributed by atoms with Crippen molar-refractivity contribution in [3.8, 4) is 0 Å². The van der Waals surface area contributed by atoms with Crippen molar-refractivity contribution >= 4 is 28.5 Å². The first-order chi connectivity index (χ1) is 3.29. The lowest BCUT2D eigenvalue weighted by molar-refractivity contribution is -0.119. The summed E-state index contributed by atoms with van der Waals surface area (Å²) in [6.45, 7) is 0. The van der Waals surface area contributed by atoms with Gasteiger partial charge in [-0.25, -0.2) is 0 Å². The number of alkyl halides is 1. The third-order valence-corrected chi connectivity index (χ3v) is 1.88. The number of hydrogen-bond donors (Lipinski definition) is 1. The molecule has 0 aromatic heterocycles. The molecule has 1 aliphatic heterocycles. The van der Waals surface area contributed by atoms with Crippen LogP contribution in [0, 0.1) is 0 Å². The van der Waals surface area contributed by atoms with Gasteiger partial charge in [-0.1, -0.05) is 22.6 Å². The Hall–Kier alpha value is 0.200. The van der Waals surface area contributed by atoms with E-state index in [9.17, 15) is 4.79 Å². The molecule has 1 heterocycles. The molecular weight excluding hydrogens is 205 g/mol. The Morgan fingerprint density at radius 2 is 2.57 bits per heavy atom. The van der Waals surface area contributed by atoms with E-state index < -0.39 is 0 Å². The topological polar surface area (TPSA) is 29.1 Å². The third-order valence-electron chi connectivity index (χ3n) is 0.942. The first-order valence-corrected chi connectivity index (χ1v) is 3.47. The predicted molar refractivity (Wildman–Crippen MR) is 35.2 cm³/mol. The van der Waals surface area contributed by atoms with Crippen LogP contribution in [0.5, 0.6) is 0 Å². The monoisotopic (exact) mass is 211 g/mol. The fourth-order valence-electron chi connectivity index (χ4n) is 0.577. The molecule has 1 aliphatic rings. The molecule has 1 rings (SSSR count). The molecule has 2 nitrogen and oxygen atoms in total. The Kier molecular flexibility index (Phi) is 1.51. The number of amides is 1. The van der Waals surface area contributed by atoms with E-state index in [2.05, 4.69) is 27.9 Å². The van der Waals surface area contributed by atoms with Crippen LogP contribution in [0.1, 0.15) is 12.8 Å². The van der Waals surface area contributed by atoms with E-state index in [0.29, 0.717) is 10.5 Å². The molecular formula is C4H6INO. The molecule has 1 atom stereocenters. The van der Waals surface area contributed by atoms with Gasteiger partial charge >= 0.3 is 0 Å². The van der Waals surface area contributed by atoms with E-state index in [0.717, 1.165) is 6.42 Å². The molecule has 7 heavy (non-hydrogen) atoms. The average Bonchev–Trinajstić information content (AvgIpc) is 1.87. The molecule has 1 amide bonds. The van der Waals surface area contributed by atoms with E-state index in [4.69, 9.17) is 0 Å². The lowest BCUT2D eigenvalue weighted by Crippen LogP contribution is -2.18. The SMILES string of the molecule is O=C1CC[C@@H](I)N1. The summed E-state index contributed by atoms with van der Waals surface area (Å²) in [6.07, 6.45) is 1.72. The quantitative estimate of drug-likeness (QED) is 0.356. The molecule has 0 radical (unpaired) electrons. The summed E-state index contributed by atoms with van der Waals surface area (Å²) in [5, 5.41) is 2.76. The van der Waals surface area contributed by atoms with Gasteiger partial charge in [0.25, 0.3) is 0 Å². The maximum absolute atomic E-state index is 10.3. The fourth-order valence-corrected chi connectivity index (χ4v) is 1.24. The maximum Gasteiger partial charge on any atom is 0.220 e. The lowest BCUT2D eigenvalue weighted by Gasteiger charge is -1.93. The van der Waals surface area contributed by atoms with E-state index in [1.54, 1.807) is 0 Å². The van der Waals surface area contributed by atoms with Crippen LogP contribution in [0.15, 0.2) is 0 Å². The molecule has 0 unspecified atom stereocenters. The largest absolute Gasteiger partial charge is 0.344 e. The van der Waals surface area contributed by atoms with Gasteiger partial charge in [-0.3, -0.25) is 4.79 Å². The van der Waals surface area contributed by atoms with Crippen LogP contribution < -0.4 is 5.32 Å². The smallest absolute Gasteiger partial charge is 0.220 e. The number of carbonyl (C=O) groups excluding carboxylic acids is 1. The summed E-state index contributed by atoms with van der Waals surface area (Å²) < 4.78 is 0.394. The van der Waals surface area contributed by atoms with Crippen molar-refractivity contribution in [3.63, 3.8) is 0 Å². The zero-order valence-electron chi connectivity index (χ0n) is 3.78. The molecule has 0 aromatic rings. The van der Waals surface area contributed by atoms with Crippen LogP contribution in [0.4, 0.5) is 0 Å². The second kappa shape index (κ2) is 1.98. The summed E-state index contributed by atoms with van der Waals surface area (Å²) in [5.74, 6) is 0.194. The Bertz CT molecular complexity index is 93.7. The molecule has 40 valence electrons. The highest BCUT2D eigenvalue weighted by Gasteiger charge is 2.16. The van der Waals surface area contributed by atoms with Gasteiger partial charge in [0, 0.05) is 6.42 Å². The van der Waals surface area contributed by atoms with Crippen molar-refractivity contribution in [1.82, 2.24) is 5.32 Å². The third kappa shape index (κ3) is 1.29. The van der Waals surface area contributed by atoms with Gasteiger partial charge in [-0.05, 0) is 6.42 Å². The first-order valence-electron chi connectivity index (χ1n) is 2.22. The molecule has 1 N–H and O–H groups in total. The van der Waals surface area contributed by atoms with Crippen LogP contribution in [0.25, 0.3) is 0 Å². The van der Waals surface area contributed by atoms with Gasteiger partial charge in [0.1, 0.15) is 0 Å². The number of rotatable bonds is 0. The predicted octanol–water partition coefficient (Wildman–Crippen LogP) is 0.657. The van der Waals surface area contributed by atoms with Gasteiger partial charge < -0.3 is 5.32 Å². The number of nitrogens with one attached hydrogen (secondary N) is 1. The van der Waals surface area contributed by atoms with Crippen LogP contribution in [0.2, 0.25) is 0 Å². The van der Waals surface area contributed by atoms with Crippen LogP contribution in [-0.4, -0.2) is 9.96 Å². The van der Waals surface area contributed by atoms with E-state index in [-0.39, 0.29) is 5.91 Å². The molecule has 3 heteroatoms. The zero-order valence-corrected chi connectivity index (χ0v) is 5.94. The van der Waals surface area contributed by atoms with Crippen molar-refractivity contribution in [2.45, 2.75) is 16.9 Å². The highest BCUT2D eigenvalue weighted by Crippen LogP contribution is 2.11. The Labute approximate surface area is 55.8 Å². The molecule has 0 aliphatic carbocycles. The molecule has 1 fully saturated rings. The standard InChI is InChI=1S/C4H6INO/c5-3-1-2-4(7)6-3/h3H,1-2H2,(H,6,7)/t3-/m0/s1. The van der Waals surface area contributed by atoms with Crippen LogP contribution >= 0.6 is 22.6 Å². The van der Waals surface area contributed by atoms with Crippen molar-refractivity contribution in [2.24, 2.45) is 0 Å². The Balaban J connectivity index is 2.40. The number of carbonyl (C=O) groups is 1. The van der Waals surface area contributed by atoms with Crippen molar-refractivity contribution < 1.29 is 4.79 Å². The highest BCUT2D eigenvalue weighted by atomic mass is 127. The van der Waals surface area contributed by atoms with Gasteiger partial charge in [-0.15, -0.1) is 0 Å². The lowest BCUT2D eigenvalue weighted by atomic mass is 10.4. The molecule has 0 saturated carbocycles. The van der Waals surface area contributed by atoms with Gasteiger partial charge in [0.15, 0.2) is 0 Å². The van der Waals surface area contributed by atoms with Crippen molar-refractivity contribution in [3.05, 3.63) is 0 Å². The van der Waals surface area contributed by atoms with Crippen LogP contribution in [0.3, 0.4) is 0 Å². The molecule has 0 bridgehead atoms. The first kappa shape index (κ1) is 5.34. The summed E-state index contributed by atoms with van der Waals surface area (Å²) in [5.41, 5.74) is 0. The number of hydrogen-bond acceptors (Lipinski definition) is 1.